The van der Waals surface area contributed by atoms with Crippen LogP contribution in [0.1, 0.15) is 135 Å². The van der Waals surface area contributed by atoms with Crippen molar-refractivity contribution < 1.29 is 72.2 Å². The molecule has 34 heteroatoms. The molecular formula is C92H131N19O15. The molecule has 4 aromatic rings. The molecule has 3 aliphatic carbocycles. The van der Waals surface area contributed by atoms with E-state index in [1.54, 1.807) is 12.1 Å². The van der Waals surface area contributed by atoms with E-state index in [0.717, 1.165) is 28.3 Å². The van der Waals surface area contributed by atoms with Gasteiger partial charge in [0.2, 0.25) is 82.7 Å². The van der Waals surface area contributed by atoms with Gasteiger partial charge < -0.3 is 107 Å². The Kier molecular flexibility index (Phi) is 33.8. The highest BCUT2D eigenvalue weighted by Gasteiger charge is 2.46. The fourth-order valence-corrected chi connectivity index (χ4v) is 19.8. The number of aromatic hydroxyl groups is 1. The lowest BCUT2D eigenvalue weighted by atomic mass is 9.93. The molecule has 21 N–H and O–H groups in total. The third-order valence-corrected chi connectivity index (χ3v) is 26.8. The number of benzene rings is 4. The van der Waals surface area contributed by atoms with Crippen molar-refractivity contribution in [3.8, 4) is 5.75 Å². The molecule has 8 aliphatic rings. The molecular weight excluding hydrogens is 1610 g/mol. The van der Waals surface area contributed by atoms with E-state index in [1.165, 1.54) is 19.1 Å². The summed E-state index contributed by atoms with van der Waals surface area (Å²) in [6.07, 6.45) is 6.39. The van der Waals surface area contributed by atoms with Crippen molar-refractivity contribution in [2.75, 3.05) is 78.5 Å². The van der Waals surface area contributed by atoms with Gasteiger partial charge in [0.15, 0.2) is 0 Å². The number of primary amides is 1. The van der Waals surface area contributed by atoms with Gasteiger partial charge in [-0.2, -0.15) is 0 Å². The highest BCUT2D eigenvalue weighted by Crippen LogP contribution is 2.32. The van der Waals surface area contributed by atoms with Crippen molar-refractivity contribution in [1.82, 2.24) is 95.7 Å². The third kappa shape index (κ3) is 26.3. The lowest BCUT2D eigenvalue weighted by Crippen LogP contribution is -2.54. The minimum atomic E-state index is -0.860. The number of phenolic OH excluding ortho intramolecular Hbond substituents is 1. The number of nitrogens with one attached hydrogen (secondary N) is 18. The minimum absolute atomic E-state index is 0.0144. The number of carbonyl (C=O) groups excluding carboxylic acids is 14. The molecule has 0 radical (unpaired) electrons. The highest BCUT2D eigenvalue weighted by atomic mass is 16.3. The Morgan fingerprint density at radius 2 is 0.770 bits per heavy atom. The summed E-state index contributed by atoms with van der Waals surface area (Å²) in [4.78, 5) is 195. The average molecular weight is 1740 g/mol. The van der Waals surface area contributed by atoms with Crippen LogP contribution in [0.2, 0.25) is 0 Å². The Morgan fingerprint density at radius 1 is 0.373 bits per heavy atom. The largest absolute Gasteiger partial charge is 0.508 e. The minimum Gasteiger partial charge on any atom is -0.508 e. The quantitative estimate of drug-likeness (QED) is 0.0260. The maximum absolute atomic E-state index is 14.6. The van der Waals surface area contributed by atoms with Crippen LogP contribution in [0.25, 0.3) is 10.8 Å². The Balaban J connectivity index is 0.609. The number of amides is 14. The first kappa shape index (κ1) is 94.5. The van der Waals surface area contributed by atoms with E-state index < -0.39 is 137 Å². The first-order valence-corrected chi connectivity index (χ1v) is 45.5. The van der Waals surface area contributed by atoms with E-state index in [2.05, 4.69) is 102 Å². The molecule has 4 aromatic carbocycles. The molecule has 0 bridgehead atoms. The molecule has 8 fully saturated rings. The van der Waals surface area contributed by atoms with E-state index in [0.29, 0.717) is 89.4 Å². The molecule has 5 saturated heterocycles. The van der Waals surface area contributed by atoms with Gasteiger partial charge in [-0.25, -0.2) is 0 Å². The van der Waals surface area contributed by atoms with Crippen LogP contribution in [-0.4, -0.2) is 233 Å². The molecule has 21 atom stereocenters. The summed E-state index contributed by atoms with van der Waals surface area (Å²) in [6, 6.07) is 23.5. The molecule has 126 heavy (non-hydrogen) atoms. The molecule has 3 saturated carbocycles. The van der Waals surface area contributed by atoms with Gasteiger partial charge in [-0.15, -0.1) is 0 Å². The number of phenols is 1. The zero-order valence-electron chi connectivity index (χ0n) is 73.1. The maximum atomic E-state index is 14.6. The molecule has 0 aromatic heterocycles. The Bertz CT molecular complexity index is 4500. The molecule has 5 heterocycles. The van der Waals surface area contributed by atoms with Gasteiger partial charge in [0.1, 0.15) is 5.75 Å². The second-order valence-corrected chi connectivity index (χ2v) is 37.0. The summed E-state index contributed by atoms with van der Waals surface area (Å²) in [7, 11) is 0. The van der Waals surface area contributed by atoms with Crippen LogP contribution < -0.4 is 101 Å². The number of hydrogen-bond acceptors (Lipinski definition) is 20. The molecule has 5 aliphatic heterocycles. The van der Waals surface area contributed by atoms with Crippen LogP contribution in [-0.2, 0) is 86.4 Å². The van der Waals surface area contributed by atoms with Gasteiger partial charge in [-0.1, -0.05) is 132 Å². The predicted octanol–water partition coefficient (Wildman–Crippen LogP) is -0.754. The Labute approximate surface area is 736 Å². The van der Waals surface area contributed by atoms with E-state index in [-0.39, 0.29) is 180 Å². The number of rotatable bonds is 40. The number of nitrogens with two attached hydrogens (primary N) is 1. The van der Waals surface area contributed by atoms with Gasteiger partial charge in [-0.3, -0.25) is 67.1 Å². The molecule has 16 unspecified atom stereocenters. The van der Waals surface area contributed by atoms with Crippen molar-refractivity contribution in [3.63, 3.8) is 0 Å². The monoisotopic (exact) mass is 1740 g/mol. The lowest BCUT2D eigenvalue weighted by molar-refractivity contribution is -0.132. The van der Waals surface area contributed by atoms with Crippen molar-refractivity contribution in [1.29, 1.82) is 0 Å². The molecule has 34 nitrogen and oxygen atoms in total. The molecule has 684 valence electrons. The number of hydrogen-bond donors (Lipinski definition) is 20. The van der Waals surface area contributed by atoms with Crippen molar-refractivity contribution >= 4 is 93.5 Å². The first-order chi connectivity index (χ1) is 60.6. The maximum Gasteiger partial charge on any atom is 0.226 e. The average Bonchev–Trinajstić information content (AvgIpc) is 1.62. The van der Waals surface area contributed by atoms with Crippen molar-refractivity contribution in [3.05, 3.63) is 114 Å². The number of fused-ring (bicyclic) bond motifs is 1. The van der Waals surface area contributed by atoms with Crippen LogP contribution >= 0.6 is 0 Å². The molecule has 12 rings (SSSR count). The van der Waals surface area contributed by atoms with E-state index in [9.17, 15) is 72.2 Å². The smallest absolute Gasteiger partial charge is 0.226 e. The van der Waals surface area contributed by atoms with Gasteiger partial charge in [-0.05, 0) is 116 Å². The van der Waals surface area contributed by atoms with Crippen molar-refractivity contribution in [2.24, 2.45) is 76.7 Å². The lowest BCUT2D eigenvalue weighted by Gasteiger charge is -2.28. The standard InChI is InChI=1S/C92H131N19O15/c1-50(2)30-58(38-99-86(120)63-18-11-22-72(63)105-81(115)36-61(34-55-24-27-56-16-9-10-17-57(56)32-55)102-88(122)65-20-13-21-71(65)101-52(5)112)84(118)108-76-46-96-42-68(76)91(125)110-78-48-95-41-67(78)89(123)103-60(33-53-14-7-6-8-15-53)35-80(114)104-73-23-12-19-64(73)87(121)100-39-59(31-54-25-28-62(113)29-26-54)85(119)109-77-47-97-43-69(77)92(126)111-79-49-98-44-70(79)90(124)107-74(51(3)4)37-82(116)106-75-45-94-40-66(75)83(93)117/h6-10,14-17,24-29,32,50-51,58-61,63-79,94-98,113H,11-13,18-23,30-31,33-49H2,1-5H3,(H2,93,117)(H,99,120)(H,100,121)(H,101,112)(H,102,122)(H,103,123)(H,104,114)(H,105,115)(H,106,116)(H,107,124)(H,108,118)(H,109,119)(H,110,125)(H,111,126)/t58-,59-,60+,61+,63?,64?,65?,66?,67?,68?,69?,70?,71?,72?,73?,74-,75?,76?,77?,78?,79?/m1/s1. The van der Waals surface area contributed by atoms with Crippen LogP contribution in [0.3, 0.4) is 0 Å². The fourth-order valence-electron chi connectivity index (χ4n) is 19.8. The van der Waals surface area contributed by atoms with Crippen LogP contribution in [0, 0.1) is 71.0 Å². The predicted molar refractivity (Wildman–Crippen MR) is 471 cm³/mol. The zero-order valence-corrected chi connectivity index (χ0v) is 73.1. The van der Waals surface area contributed by atoms with E-state index in [1.807, 2.05) is 94.4 Å². The van der Waals surface area contributed by atoms with Gasteiger partial charge in [0.25, 0.3) is 0 Å². The SMILES string of the molecule is CC(=O)NC1CCCC1C(=O)N[C@H](CC(=O)NC1CCCC1C(=O)NC[C@@H](CC(C)C)C(=O)NC1CNCC1C(=O)NC1CNCC1C(=O)N[C@H](CC(=O)NC1CCCC1C(=O)NC[C@@H](Cc1ccc(O)cc1)C(=O)NC1CNCC1C(=O)NC1CNCC1C(=O)N[C@H](CC(=O)NC1CNCC1C(N)=O)C(C)C)Cc1ccccc1)Cc1ccc2ccccc2c1. The summed E-state index contributed by atoms with van der Waals surface area (Å²) >= 11 is 0. The van der Waals surface area contributed by atoms with E-state index >= 15 is 0 Å². The topological polar surface area (TPSA) is 502 Å². The van der Waals surface area contributed by atoms with Crippen LogP contribution in [0.4, 0.5) is 0 Å². The van der Waals surface area contributed by atoms with Crippen LogP contribution in [0.15, 0.2) is 97.1 Å². The first-order valence-electron chi connectivity index (χ1n) is 45.5. The number of carbonyl (C=O) groups is 14. The normalized spacial score (nSPS) is 26.8. The summed E-state index contributed by atoms with van der Waals surface area (Å²) in [5.74, 6) is -11.6. The van der Waals surface area contributed by atoms with Gasteiger partial charge in [0, 0.05) is 141 Å². The Hall–Kier alpha value is -10.7. The van der Waals surface area contributed by atoms with Gasteiger partial charge in [0.05, 0.1) is 89.4 Å². The van der Waals surface area contributed by atoms with Crippen LogP contribution in [0.5, 0.6) is 5.75 Å². The third-order valence-electron chi connectivity index (χ3n) is 26.8. The van der Waals surface area contributed by atoms with Gasteiger partial charge >= 0.3 is 0 Å². The highest BCUT2D eigenvalue weighted by molar-refractivity contribution is 5.91. The second-order valence-electron chi connectivity index (χ2n) is 37.0. The molecule has 14 amide bonds. The van der Waals surface area contributed by atoms with Crippen molar-refractivity contribution in [2.45, 2.75) is 204 Å². The zero-order chi connectivity index (χ0) is 89.7. The summed E-state index contributed by atoms with van der Waals surface area (Å²) < 4.78 is 0. The molecule has 0 spiro atoms. The second kappa shape index (κ2) is 45.1. The summed E-state index contributed by atoms with van der Waals surface area (Å²) in [6.45, 7) is 11.9. The fraction of sp³-hybridized carbons (Fsp3) is 0.609. The Morgan fingerprint density at radius 3 is 1.27 bits per heavy atom. The summed E-state index contributed by atoms with van der Waals surface area (Å²) in [5, 5.41) is 68.1. The van der Waals surface area contributed by atoms with E-state index in [4.69, 9.17) is 5.73 Å². The summed E-state index contributed by atoms with van der Waals surface area (Å²) in [5.41, 5.74) is 8.06.